The SMILES string of the molecule is O=C(O)C(CC(F)F)NC(=O)C1(c2cccc(F)c2)CCOCC1. The van der Waals surface area contributed by atoms with Gasteiger partial charge in [0.2, 0.25) is 12.3 Å². The van der Waals surface area contributed by atoms with Crippen molar-refractivity contribution in [3.05, 3.63) is 35.6 Å². The number of halogens is 3. The Hall–Kier alpha value is -2.09. The van der Waals surface area contributed by atoms with Crippen molar-refractivity contribution < 1.29 is 32.6 Å². The number of carbonyl (C=O) groups is 2. The van der Waals surface area contributed by atoms with Crippen molar-refractivity contribution in [2.75, 3.05) is 13.2 Å². The Balaban J connectivity index is 2.30. The molecule has 1 unspecified atom stereocenters. The molecule has 0 bridgehead atoms. The number of carbonyl (C=O) groups excluding carboxylic acids is 1. The summed E-state index contributed by atoms with van der Waals surface area (Å²) in [4.78, 5) is 23.8. The van der Waals surface area contributed by atoms with Gasteiger partial charge in [-0.3, -0.25) is 4.79 Å². The summed E-state index contributed by atoms with van der Waals surface area (Å²) in [6.07, 6.45) is -3.44. The minimum atomic E-state index is -2.87. The molecule has 0 aliphatic carbocycles. The molecule has 1 amide bonds. The second-order valence-corrected chi connectivity index (χ2v) is 5.70. The van der Waals surface area contributed by atoms with Crippen LogP contribution in [0.2, 0.25) is 0 Å². The Morgan fingerprint density at radius 3 is 2.50 bits per heavy atom. The molecule has 1 saturated heterocycles. The van der Waals surface area contributed by atoms with Crippen LogP contribution in [0.4, 0.5) is 13.2 Å². The van der Waals surface area contributed by atoms with Gasteiger partial charge in [-0.25, -0.2) is 18.0 Å². The molecular formula is C16H18F3NO4. The molecule has 132 valence electrons. The van der Waals surface area contributed by atoms with Gasteiger partial charge in [0.05, 0.1) is 5.41 Å². The molecule has 1 aliphatic rings. The molecule has 0 radical (unpaired) electrons. The van der Waals surface area contributed by atoms with Crippen molar-refractivity contribution in [1.29, 1.82) is 0 Å². The molecule has 2 N–H and O–H groups in total. The van der Waals surface area contributed by atoms with Gasteiger partial charge in [0.15, 0.2) is 0 Å². The summed E-state index contributed by atoms with van der Waals surface area (Å²) in [7, 11) is 0. The highest BCUT2D eigenvalue weighted by Crippen LogP contribution is 2.35. The van der Waals surface area contributed by atoms with Crippen molar-refractivity contribution >= 4 is 11.9 Å². The highest BCUT2D eigenvalue weighted by Gasteiger charge is 2.43. The van der Waals surface area contributed by atoms with E-state index in [0.29, 0.717) is 5.56 Å². The van der Waals surface area contributed by atoms with Crippen LogP contribution in [0.25, 0.3) is 0 Å². The van der Waals surface area contributed by atoms with Crippen molar-refractivity contribution in [3.63, 3.8) is 0 Å². The second kappa shape index (κ2) is 7.65. The number of aliphatic carboxylic acids is 1. The predicted octanol–water partition coefficient (Wildman–Crippen LogP) is 2.10. The molecular weight excluding hydrogens is 327 g/mol. The summed E-state index contributed by atoms with van der Waals surface area (Å²) < 4.78 is 43.8. The summed E-state index contributed by atoms with van der Waals surface area (Å²) >= 11 is 0. The molecule has 24 heavy (non-hydrogen) atoms. The fourth-order valence-corrected chi connectivity index (χ4v) is 2.85. The number of benzene rings is 1. The minimum Gasteiger partial charge on any atom is -0.480 e. The first kappa shape index (κ1) is 18.3. The van der Waals surface area contributed by atoms with Crippen LogP contribution in [0, 0.1) is 5.82 Å². The van der Waals surface area contributed by atoms with Crippen molar-refractivity contribution in [2.45, 2.75) is 37.1 Å². The van der Waals surface area contributed by atoms with Crippen molar-refractivity contribution in [3.8, 4) is 0 Å². The van der Waals surface area contributed by atoms with Crippen LogP contribution in [0.15, 0.2) is 24.3 Å². The van der Waals surface area contributed by atoms with Crippen molar-refractivity contribution in [1.82, 2.24) is 5.32 Å². The maximum absolute atomic E-state index is 13.6. The van der Waals surface area contributed by atoms with Gasteiger partial charge in [-0.15, -0.1) is 0 Å². The van der Waals surface area contributed by atoms with E-state index in [2.05, 4.69) is 5.32 Å². The lowest BCUT2D eigenvalue weighted by Crippen LogP contribution is -2.53. The minimum absolute atomic E-state index is 0.212. The molecule has 1 atom stereocenters. The van der Waals surface area contributed by atoms with E-state index >= 15 is 0 Å². The summed E-state index contributed by atoms with van der Waals surface area (Å²) in [5, 5.41) is 11.2. The van der Waals surface area contributed by atoms with Gasteiger partial charge in [0, 0.05) is 19.6 Å². The zero-order valence-corrected chi connectivity index (χ0v) is 12.8. The van der Waals surface area contributed by atoms with Crippen LogP contribution in [-0.2, 0) is 19.7 Å². The first-order valence-corrected chi connectivity index (χ1v) is 7.51. The van der Waals surface area contributed by atoms with Crippen LogP contribution in [0.1, 0.15) is 24.8 Å². The Labute approximate surface area is 136 Å². The molecule has 1 aromatic rings. The zero-order valence-electron chi connectivity index (χ0n) is 12.8. The van der Waals surface area contributed by atoms with Gasteiger partial charge >= 0.3 is 5.97 Å². The lowest BCUT2D eigenvalue weighted by atomic mass is 9.73. The van der Waals surface area contributed by atoms with E-state index in [1.165, 1.54) is 18.2 Å². The molecule has 1 aromatic carbocycles. The number of hydrogen-bond donors (Lipinski definition) is 2. The molecule has 1 fully saturated rings. The van der Waals surface area contributed by atoms with Gasteiger partial charge in [0.25, 0.3) is 0 Å². The van der Waals surface area contributed by atoms with E-state index in [1.54, 1.807) is 6.07 Å². The molecule has 8 heteroatoms. The molecule has 1 heterocycles. The van der Waals surface area contributed by atoms with Crippen LogP contribution >= 0.6 is 0 Å². The summed E-state index contributed by atoms with van der Waals surface area (Å²) in [6.45, 7) is 0.465. The molecule has 2 rings (SSSR count). The molecule has 0 saturated carbocycles. The smallest absolute Gasteiger partial charge is 0.326 e. The summed E-state index contributed by atoms with van der Waals surface area (Å²) in [5.74, 6) is -2.77. The first-order chi connectivity index (χ1) is 11.3. The Kier molecular flexibility index (Phi) is 5.82. The third-order valence-electron chi connectivity index (χ3n) is 4.18. The van der Waals surface area contributed by atoms with Gasteiger partial charge in [-0.1, -0.05) is 12.1 Å². The fraction of sp³-hybridized carbons (Fsp3) is 0.500. The molecule has 0 aromatic heterocycles. The van der Waals surface area contributed by atoms with Crippen LogP contribution in [0.5, 0.6) is 0 Å². The third kappa shape index (κ3) is 4.05. The lowest BCUT2D eigenvalue weighted by molar-refractivity contribution is -0.144. The van der Waals surface area contributed by atoms with E-state index in [-0.39, 0.29) is 26.1 Å². The molecule has 0 spiro atoms. The lowest BCUT2D eigenvalue weighted by Gasteiger charge is -2.37. The highest BCUT2D eigenvalue weighted by molar-refractivity contribution is 5.91. The van der Waals surface area contributed by atoms with Gasteiger partial charge in [-0.2, -0.15) is 0 Å². The number of nitrogens with one attached hydrogen (secondary N) is 1. The zero-order chi connectivity index (χ0) is 17.7. The maximum atomic E-state index is 13.6. The number of amides is 1. The number of rotatable bonds is 6. The van der Waals surface area contributed by atoms with Crippen molar-refractivity contribution in [2.24, 2.45) is 0 Å². The Bertz CT molecular complexity index is 603. The maximum Gasteiger partial charge on any atom is 0.326 e. The third-order valence-corrected chi connectivity index (χ3v) is 4.18. The normalized spacial score (nSPS) is 18.2. The van der Waals surface area contributed by atoms with Crippen LogP contribution in [-0.4, -0.2) is 42.7 Å². The van der Waals surface area contributed by atoms with E-state index in [4.69, 9.17) is 9.84 Å². The summed E-state index contributed by atoms with van der Waals surface area (Å²) in [5.41, 5.74) is -0.819. The quantitative estimate of drug-likeness (QED) is 0.828. The van der Waals surface area contributed by atoms with E-state index in [9.17, 15) is 22.8 Å². The molecule has 1 aliphatic heterocycles. The molecule has 5 nitrogen and oxygen atoms in total. The van der Waals surface area contributed by atoms with Gasteiger partial charge < -0.3 is 15.2 Å². The number of carboxylic acid groups (broad SMARTS) is 1. The standard InChI is InChI=1S/C16H18F3NO4/c17-11-3-1-2-10(8-11)16(4-6-24-7-5-16)15(23)20-12(14(21)22)9-13(18)19/h1-3,8,12-13H,4-7,9H2,(H,20,23)(H,21,22). The monoisotopic (exact) mass is 345 g/mol. The van der Waals surface area contributed by atoms with Crippen LogP contribution < -0.4 is 5.32 Å². The topological polar surface area (TPSA) is 75.6 Å². The Morgan fingerprint density at radius 2 is 1.96 bits per heavy atom. The summed E-state index contributed by atoms with van der Waals surface area (Å²) in [6, 6.07) is 3.74. The number of hydrogen-bond acceptors (Lipinski definition) is 3. The van der Waals surface area contributed by atoms with E-state index in [0.717, 1.165) is 0 Å². The van der Waals surface area contributed by atoms with E-state index < -0.39 is 42.0 Å². The predicted molar refractivity (Wildman–Crippen MR) is 78.3 cm³/mol. The Morgan fingerprint density at radius 1 is 1.29 bits per heavy atom. The fourth-order valence-electron chi connectivity index (χ4n) is 2.85. The number of carboxylic acids is 1. The van der Waals surface area contributed by atoms with Crippen LogP contribution in [0.3, 0.4) is 0 Å². The van der Waals surface area contributed by atoms with Gasteiger partial charge in [0.1, 0.15) is 11.9 Å². The first-order valence-electron chi connectivity index (χ1n) is 7.51. The average Bonchev–Trinajstić information content (AvgIpc) is 2.54. The average molecular weight is 345 g/mol. The number of alkyl halides is 2. The van der Waals surface area contributed by atoms with E-state index in [1.807, 2.05) is 0 Å². The largest absolute Gasteiger partial charge is 0.480 e. The number of ether oxygens (including phenoxy) is 1. The highest BCUT2D eigenvalue weighted by atomic mass is 19.3. The second-order valence-electron chi connectivity index (χ2n) is 5.70. The van der Waals surface area contributed by atoms with Gasteiger partial charge in [-0.05, 0) is 30.5 Å².